The first-order chi connectivity index (χ1) is 12.7. The summed E-state index contributed by atoms with van der Waals surface area (Å²) < 4.78 is 1.93. The molecule has 0 radical (unpaired) electrons. The fourth-order valence-corrected chi connectivity index (χ4v) is 3.09. The van der Waals surface area contributed by atoms with Gasteiger partial charge in [-0.05, 0) is 55.2 Å². The number of likely N-dealkylation sites (N-methyl/N-ethyl adjacent to an activating group) is 1. The Morgan fingerprint density at radius 2 is 1.88 bits per heavy atom. The standard InChI is InChI=1S/C21H22N4O/c1-24(14-11-16-9-12-22-13-10-16)21(26)19-15-20(17-7-8-17)25(23-19)18-5-3-2-4-6-18/h2-6,9-10,12-13,15,17H,7-8,11,14H2,1H3. The summed E-state index contributed by atoms with van der Waals surface area (Å²) in [6, 6.07) is 16.0. The van der Waals surface area contributed by atoms with Gasteiger partial charge in [0.1, 0.15) is 0 Å². The van der Waals surface area contributed by atoms with Crippen molar-refractivity contribution in [1.29, 1.82) is 0 Å². The molecule has 0 N–H and O–H groups in total. The van der Waals surface area contributed by atoms with Crippen molar-refractivity contribution in [2.45, 2.75) is 25.2 Å². The van der Waals surface area contributed by atoms with E-state index < -0.39 is 0 Å². The van der Waals surface area contributed by atoms with Gasteiger partial charge in [0, 0.05) is 37.6 Å². The third kappa shape index (κ3) is 3.52. The van der Waals surface area contributed by atoms with Crippen LogP contribution < -0.4 is 0 Å². The molecule has 0 unspecified atom stereocenters. The molecule has 1 aliphatic rings. The highest BCUT2D eigenvalue weighted by Crippen LogP contribution is 2.41. The van der Waals surface area contributed by atoms with Gasteiger partial charge >= 0.3 is 0 Å². The summed E-state index contributed by atoms with van der Waals surface area (Å²) in [7, 11) is 1.84. The van der Waals surface area contributed by atoms with Gasteiger partial charge in [-0.1, -0.05) is 18.2 Å². The van der Waals surface area contributed by atoms with Crippen LogP contribution in [0.25, 0.3) is 5.69 Å². The monoisotopic (exact) mass is 346 g/mol. The molecule has 26 heavy (non-hydrogen) atoms. The smallest absolute Gasteiger partial charge is 0.274 e. The molecule has 1 fully saturated rings. The summed E-state index contributed by atoms with van der Waals surface area (Å²) in [5.74, 6) is 0.488. The van der Waals surface area contributed by atoms with Gasteiger partial charge in [0.15, 0.2) is 5.69 Å². The number of rotatable bonds is 6. The van der Waals surface area contributed by atoms with Crippen LogP contribution in [0.4, 0.5) is 0 Å². The predicted molar refractivity (Wildman–Crippen MR) is 100 cm³/mol. The number of carbonyl (C=O) groups excluding carboxylic acids is 1. The summed E-state index contributed by atoms with van der Waals surface area (Å²) in [5.41, 5.74) is 3.84. The van der Waals surface area contributed by atoms with E-state index in [4.69, 9.17) is 0 Å². The summed E-state index contributed by atoms with van der Waals surface area (Å²) in [5, 5.41) is 4.63. The molecule has 1 amide bonds. The van der Waals surface area contributed by atoms with E-state index in [1.54, 1.807) is 17.3 Å². The number of amides is 1. The highest BCUT2D eigenvalue weighted by Gasteiger charge is 2.30. The number of carbonyl (C=O) groups is 1. The predicted octanol–water partition coefficient (Wildman–Crippen LogP) is 3.46. The Morgan fingerprint density at radius 3 is 2.58 bits per heavy atom. The van der Waals surface area contributed by atoms with Crippen LogP contribution in [0.3, 0.4) is 0 Å². The van der Waals surface area contributed by atoms with Crippen molar-refractivity contribution in [3.8, 4) is 5.69 Å². The first kappa shape index (κ1) is 16.5. The van der Waals surface area contributed by atoms with Crippen LogP contribution in [-0.4, -0.2) is 39.2 Å². The molecule has 0 spiro atoms. The number of aromatic nitrogens is 3. The second-order valence-corrected chi connectivity index (χ2v) is 6.81. The number of pyridine rings is 1. The van der Waals surface area contributed by atoms with Crippen molar-refractivity contribution in [1.82, 2.24) is 19.7 Å². The van der Waals surface area contributed by atoms with Gasteiger partial charge in [0.05, 0.1) is 5.69 Å². The summed E-state index contributed by atoms with van der Waals surface area (Å²) in [4.78, 5) is 18.6. The molecule has 132 valence electrons. The first-order valence-corrected chi connectivity index (χ1v) is 9.02. The van der Waals surface area contributed by atoms with Gasteiger partial charge in [-0.15, -0.1) is 0 Å². The maximum absolute atomic E-state index is 12.8. The zero-order chi connectivity index (χ0) is 17.9. The van der Waals surface area contributed by atoms with Gasteiger partial charge in [-0.25, -0.2) is 4.68 Å². The second-order valence-electron chi connectivity index (χ2n) is 6.81. The van der Waals surface area contributed by atoms with E-state index in [0.717, 1.165) is 17.8 Å². The molecule has 5 heteroatoms. The van der Waals surface area contributed by atoms with Crippen LogP contribution in [0, 0.1) is 0 Å². The summed E-state index contributed by atoms with van der Waals surface area (Å²) >= 11 is 0. The third-order valence-corrected chi connectivity index (χ3v) is 4.78. The molecule has 5 nitrogen and oxygen atoms in total. The molecule has 2 aromatic heterocycles. The second kappa shape index (κ2) is 7.12. The molecule has 2 heterocycles. The fraction of sp³-hybridized carbons (Fsp3) is 0.286. The number of nitrogens with zero attached hydrogens (tertiary/aromatic N) is 4. The Bertz CT molecular complexity index is 885. The summed E-state index contributed by atoms with van der Waals surface area (Å²) in [6.07, 6.45) is 6.70. The number of hydrogen-bond acceptors (Lipinski definition) is 3. The van der Waals surface area contributed by atoms with Crippen molar-refractivity contribution in [3.05, 3.63) is 77.9 Å². The van der Waals surface area contributed by atoms with Gasteiger partial charge in [-0.3, -0.25) is 9.78 Å². The van der Waals surface area contributed by atoms with E-state index in [1.165, 1.54) is 18.4 Å². The number of hydrogen-bond donors (Lipinski definition) is 0. The first-order valence-electron chi connectivity index (χ1n) is 9.02. The topological polar surface area (TPSA) is 51.0 Å². The van der Waals surface area contributed by atoms with Crippen molar-refractivity contribution in [2.24, 2.45) is 0 Å². The molecule has 1 saturated carbocycles. The van der Waals surface area contributed by atoms with E-state index in [9.17, 15) is 4.79 Å². The molecule has 3 aromatic rings. The minimum atomic E-state index is -0.0318. The van der Waals surface area contributed by atoms with E-state index in [-0.39, 0.29) is 5.91 Å². The van der Waals surface area contributed by atoms with Crippen molar-refractivity contribution in [3.63, 3.8) is 0 Å². The van der Waals surface area contributed by atoms with Crippen molar-refractivity contribution >= 4 is 5.91 Å². The normalized spacial score (nSPS) is 13.6. The van der Waals surface area contributed by atoms with E-state index >= 15 is 0 Å². The fourth-order valence-electron chi connectivity index (χ4n) is 3.09. The molecule has 0 aliphatic heterocycles. The van der Waals surface area contributed by atoms with Crippen LogP contribution in [0.2, 0.25) is 0 Å². The van der Waals surface area contributed by atoms with Crippen LogP contribution in [0.15, 0.2) is 60.9 Å². The van der Waals surface area contributed by atoms with Crippen LogP contribution in [0.1, 0.15) is 40.5 Å². The maximum Gasteiger partial charge on any atom is 0.274 e. The molecule has 4 rings (SSSR count). The van der Waals surface area contributed by atoms with Gasteiger partial charge in [0.25, 0.3) is 5.91 Å². The molecule has 0 bridgehead atoms. The van der Waals surface area contributed by atoms with E-state index in [0.29, 0.717) is 18.2 Å². The Kier molecular flexibility index (Phi) is 4.52. The van der Waals surface area contributed by atoms with E-state index in [2.05, 4.69) is 10.1 Å². The number of para-hydroxylation sites is 1. The molecular weight excluding hydrogens is 324 g/mol. The van der Waals surface area contributed by atoms with Gasteiger partial charge < -0.3 is 4.90 Å². The van der Waals surface area contributed by atoms with Crippen LogP contribution in [-0.2, 0) is 6.42 Å². The molecular formula is C21H22N4O. The summed E-state index contributed by atoms with van der Waals surface area (Å²) in [6.45, 7) is 0.653. The average Bonchev–Trinajstić information content (AvgIpc) is 3.45. The Balaban J connectivity index is 1.52. The molecule has 0 saturated heterocycles. The van der Waals surface area contributed by atoms with Gasteiger partial charge in [-0.2, -0.15) is 5.10 Å². The van der Waals surface area contributed by atoms with Crippen LogP contribution >= 0.6 is 0 Å². The number of benzene rings is 1. The Morgan fingerprint density at radius 1 is 1.15 bits per heavy atom. The quantitative estimate of drug-likeness (QED) is 0.687. The zero-order valence-electron chi connectivity index (χ0n) is 14.9. The lowest BCUT2D eigenvalue weighted by Gasteiger charge is -2.15. The highest BCUT2D eigenvalue weighted by atomic mass is 16.2. The highest BCUT2D eigenvalue weighted by molar-refractivity contribution is 5.92. The Labute approximate surface area is 153 Å². The molecule has 1 aromatic carbocycles. The molecule has 0 atom stereocenters. The van der Waals surface area contributed by atoms with E-state index in [1.807, 2.05) is 60.3 Å². The Hall–Kier alpha value is -2.95. The van der Waals surface area contributed by atoms with Gasteiger partial charge in [0.2, 0.25) is 0 Å². The van der Waals surface area contributed by atoms with Crippen molar-refractivity contribution < 1.29 is 4.79 Å². The van der Waals surface area contributed by atoms with Crippen LogP contribution in [0.5, 0.6) is 0 Å². The largest absolute Gasteiger partial charge is 0.340 e. The lowest BCUT2D eigenvalue weighted by Crippen LogP contribution is -2.29. The zero-order valence-corrected chi connectivity index (χ0v) is 14.9. The lowest BCUT2D eigenvalue weighted by atomic mass is 10.2. The molecule has 1 aliphatic carbocycles. The maximum atomic E-state index is 12.8. The van der Waals surface area contributed by atoms with Crippen molar-refractivity contribution in [2.75, 3.05) is 13.6 Å². The SMILES string of the molecule is CN(CCc1ccncc1)C(=O)c1cc(C2CC2)n(-c2ccccc2)n1. The third-order valence-electron chi connectivity index (χ3n) is 4.78. The lowest BCUT2D eigenvalue weighted by molar-refractivity contribution is 0.0790. The minimum absolute atomic E-state index is 0.0318. The minimum Gasteiger partial charge on any atom is -0.340 e. The average molecular weight is 346 g/mol.